The van der Waals surface area contributed by atoms with E-state index in [1.54, 1.807) is 7.11 Å². The van der Waals surface area contributed by atoms with E-state index in [1.165, 1.54) is 11.1 Å². The van der Waals surface area contributed by atoms with E-state index in [9.17, 15) is 4.79 Å². The number of benzene rings is 1. The third-order valence-electron chi connectivity index (χ3n) is 4.82. The summed E-state index contributed by atoms with van der Waals surface area (Å²) in [5, 5.41) is 3.05. The predicted octanol–water partition coefficient (Wildman–Crippen LogP) is 3.17. The second-order valence-electron chi connectivity index (χ2n) is 7.31. The largest absolute Gasteiger partial charge is 0.383 e. The van der Waals surface area contributed by atoms with Gasteiger partial charge in [0.05, 0.1) is 6.61 Å². The molecule has 1 amide bonds. The molecule has 1 aromatic carbocycles. The standard InChI is InChI=1S/C20H32N2O2/c1-15(2)18-7-5-17(6-8-18)13-22-11-9-19(10-12-22)20(23)21-16(3)14-24-4/h5-8,15-16,19H,9-14H2,1-4H3,(H,21,23). The topological polar surface area (TPSA) is 41.6 Å². The van der Waals surface area contributed by atoms with Gasteiger partial charge in [0.1, 0.15) is 0 Å². The molecule has 1 heterocycles. The first-order valence-corrected chi connectivity index (χ1v) is 9.10. The molecule has 1 aromatic rings. The second kappa shape index (κ2) is 9.19. The van der Waals surface area contributed by atoms with Crippen molar-refractivity contribution in [1.29, 1.82) is 0 Å². The Kier molecular flexibility index (Phi) is 7.25. The van der Waals surface area contributed by atoms with Gasteiger partial charge >= 0.3 is 0 Å². The summed E-state index contributed by atoms with van der Waals surface area (Å²) in [4.78, 5) is 14.7. The van der Waals surface area contributed by atoms with Crippen LogP contribution in [0.25, 0.3) is 0 Å². The molecule has 0 aromatic heterocycles. The molecule has 1 aliphatic heterocycles. The smallest absolute Gasteiger partial charge is 0.223 e. The lowest BCUT2D eigenvalue weighted by Crippen LogP contribution is -2.44. The Balaban J connectivity index is 1.77. The first kappa shape index (κ1) is 18.9. The predicted molar refractivity (Wildman–Crippen MR) is 98.0 cm³/mol. The minimum Gasteiger partial charge on any atom is -0.383 e. The number of likely N-dealkylation sites (tertiary alicyclic amines) is 1. The molecule has 1 N–H and O–H groups in total. The summed E-state index contributed by atoms with van der Waals surface area (Å²) >= 11 is 0. The number of ether oxygens (including phenoxy) is 1. The number of carbonyl (C=O) groups is 1. The number of amides is 1. The molecule has 0 aliphatic carbocycles. The van der Waals surface area contributed by atoms with Crippen LogP contribution in [-0.4, -0.2) is 43.7 Å². The summed E-state index contributed by atoms with van der Waals surface area (Å²) < 4.78 is 5.08. The highest BCUT2D eigenvalue weighted by molar-refractivity contribution is 5.79. The Morgan fingerprint density at radius 3 is 2.38 bits per heavy atom. The maximum atomic E-state index is 12.3. The minimum atomic E-state index is 0.0833. The van der Waals surface area contributed by atoms with Crippen LogP contribution in [0.3, 0.4) is 0 Å². The highest BCUT2D eigenvalue weighted by Gasteiger charge is 2.25. The van der Waals surface area contributed by atoms with Crippen LogP contribution in [0.1, 0.15) is 50.7 Å². The van der Waals surface area contributed by atoms with Crippen LogP contribution in [0, 0.1) is 5.92 Å². The normalized spacial score (nSPS) is 17.9. The quantitative estimate of drug-likeness (QED) is 0.834. The van der Waals surface area contributed by atoms with Crippen molar-refractivity contribution in [3.8, 4) is 0 Å². The van der Waals surface area contributed by atoms with Crippen molar-refractivity contribution in [2.45, 2.75) is 52.1 Å². The summed E-state index contributed by atoms with van der Waals surface area (Å²) in [5.41, 5.74) is 2.75. The van der Waals surface area contributed by atoms with Crippen molar-refractivity contribution in [3.63, 3.8) is 0 Å². The molecule has 24 heavy (non-hydrogen) atoms. The van der Waals surface area contributed by atoms with Crippen molar-refractivity contribution in [2.24, 2.45) is 5.92 Å². The van der Waals surface area contributed by atoms with Crippen LogP contribution in [0.15, 0.2) is 24.3 Å². The Morgan fingerprint density at radius 2 is 1.83 bits per heavy atom. The van der Waals surface area contributed by atoms with Crippen molar-refractivity contribution in [1.82, 2.24) is 10.2 Å². The summed E-state index contributed by atoms with van der Waals surface area (Å²) in [7, 11) is 1.66. The Labute approximate surface area is 146 Å². The monoisotopic (exact) mass is 332 g/mol. The maximum Gasteiger partial charge on any atom is 0.223 e. The zero-order chi connectivity index (χ0) is 17.5. The zero-order valence-corrected chi connectivity index (χ0v) is 15.5. The Morgan fingerprint density at radius 1 is 1.21 bits per heavy atom. The first-order valence-electron chi connectivity index (χ1n) is 9.10. The van der Waals surface area contributed by atoms with Crippen LogP contribution in [-0.2, 0) is 16.1 Å². The number of nitrogens with one attached hydrogen (secondary N) is 1. The number of piperidine rings is 1. The van der Waals surface area contributed by atoms with E-state index in [1.807, 2.05) is 6.92 Å². The molecule has 0 bridgehead atoms. The van der Waals surface area contributed by atoms with Crippen LogP contribution in [0.5, 0.6) is 0 Å². The highest BCUT2D eigenvalue weighted by atomic mass is 16.5. The molecule has 0 saturated carbocycles. The van der Waals surface area contributed by atoms with Crippen molar-refractivity contribution in [2.75, 3.05) is 26.8 Å². The fraction of sp³-hybridized carbons (Fsp3) is 0.650. The minimum absolute atomic E-state index is 0.0833. The van der Waals surface area contributed by atoms with E-state index < -0.39 is 0 Å². The third kappa shape index (κ3) is 5.60. The van der Waals surface area contributed by atoms with E-state index in [0.717, 1.165) is 32.5 Å². The van der Waals surface area contributed by atoms with Gasteiger partial charge in [-0.25, -0.2) is 0 Å². The van der Waals surface area contributed by atoms with Gasteiger partial charge in [0.2, 0.25) is 5.91 Å². The number of nitrogens with zero attached hydrogens (tertiary/aromatic N) is 1. The number of hydrogen-bond donors (Lipinski definition) is 1. The fourth-order valence-electron chi connectivity index (χ4n) is 3.27. The van der Waals surface area contributed by atoms with Gasteiger partial charge in [-0.1, -0.05) is 38.1 Å². The van der Waals surface area contributed by atoms with Gasteiger partial charge < -0.3 is 10.1 Å². The molecule has 1 atom stereocenters. The van der Waals surface area contributed by atoms with Gasteiger partial charge in [-0.05, 0) is 49.9 Å². The average molecular weight is 332 g/mol. The van der Waals surface area contributed by atoms with E-state index in [2.05, 4.69) is 48.3 Å². The molecule has 0 radical (unpaired) electrons. The Hall–Kier alpha value is -1.39. The molecule has 1 saturated heterocycles. The van der Waals surface area contributed by atoms with Crippen molar-refractivity contribution in [3.05, 3.63) is 35.4 Å². The zero-order valence-electron chi connectivity index (χ0n) is 15.5. The summed E-state index contributed by atoms with van der Waals surface area (Å²) in [6.07, 6.45) is 1.88. The number of methoxy groups -OCH3 is 1. The molecule has 0 spiro atoms. The lowest BCUT2D eigenvalue weighted by Gasteiger charge is -2.32. The molecule has 2 rings (SSSR count). The Bertz CT molecular complexity index is 505. The molecule has 134 valence electrons. The van der Waals surface area contributed by atoms with Gasteiger partial charge in [-0.3, -0.25) is 9.69 Å². The van der Waals surface area contributed by atoms with Crippen LogP contribution in [0.2, 0.25) is 0 Å². The summed E-state index contributed by atoms with van der Waals surface area (Å²) in [6, 6.07) is 9.02. The van der Waals surface area contributed by atoms with Crippen molar-refractivity contribution >= 4 is 5.91 Å². The summed E-state index contributed by atoms with van der Waals surface area (Å²) in [6.45, 7) is 9.95. The molecule has 1 unspecified atom stereocenters. The van der Waals surface area contributed by atoms with Gasteiger partial charge in [-0.2, -0.15) is 0 Å². The molecule has 4 heteroatoms. The second-order valence-corrected chi connectivity index (χ2v) is 7.31. The molecule has 1 fully saturated rings. The summed E-state index contributed by atoms with van der Waals surface area (Å²) in [5.74, 6) is 0.901. The van der Waals surface area contributed by atoms with E-state index in [4.69, 9.17) is 4.74 Å². The van der Waals surface area contributed by atoms with E-state index in [-0.39, 0.29) is 17.9 Å². The van der Waals surface area contributed by atoms with Gasteiger partial charge in [0.15, 0.2) is 0 Å². The van der Waals surface area contributed by atoms with Crippen LogP contribution < -0.4 is 5.32 Å². The van der Waals surface area contributed by atoms with Gasteiger partial charge in [0.25, 0.3) is 0 Å². The number of hydrogen-bond acceptors (Lipinski definition) is 3. The maximum absolute atomic E-state index is 12.3. The molecular weight excluding hydrogens is 300 g/mol. The average Bonchev–Trinajstić information content (AvgIpc) is 2.56. The molecular formula is C20H32N2O2. The SMILES string of the molecule is COCC(C)NC(=O)C1CCN(Cc2ccc(C(C)C)cc2)CC1. The highest BCUT2D eigenvalue weighted by Crippen LogP contribution is 2.20. The fourth-order valence-corrected chi connectivity index (χ4v) is 3.27. The van der Waals surface area contributed by atoms with Crippen LogP contribution in [0.4, 0.5) is 0 Å². The van der Waals surface area contributed by atoms with Crippen molar-refractivity contribution < 1.29 is 9.53 Å². The molecule has 1 aliphatic rings. The third-order valence-corrected chi connectivity index (χ3v) is 4.82. The van der Waals surface area contributed by atoms with E-state index in [0.29, 0.717) is 12.5 Å². The van der Waals surface area contributed by atoms with Gasteiger partial charge in [-0.15, -0.1) is 0 Å². The van der Waals surface area contributed by atoms with E-state index >= 15 is 0 Å². The van der Waals surface area contributed by atoms with Crippen LogP contribution >= 0.6 is 0 Å². The lowest BCUT2D eigenvalue weighted by atomic mass is 9.95. The number of rotatable bonds is 7. The molecule has 4 nitrogen and oxygen atoms in total. The lowest BCUT2D eigenvalue weighted by molar-refractivity contribution is -0.127. The number of carbonyl (C=O) groups excluding carboxylic acids is 1. The van der Waals surface area contributed by atoms with Gasteiger partial charge in [0, 0.05) is 25.6 Å². The first-order chi connectivity index (χ1) is 11.5.